The SMILES string of the molecule is COc1cccc(S(=O)(=O)N2CC[C@H](C(=O)NCC/C=C/S(=O)(=O)c3ccc(Cl)cc3)C2)c1. The molecule has 0 bridgehead atoms. The second-order valence-corrected chi connectivity index (χ2v) is 11.7. The number of nitrogens with zero attached hydrogens (tertiary/aromatic N) is 1. The largest absolute Gasteiger partial charge is 0.497 e. The van der Waals surface area contributed by atoms with Crippen LogP contribution in [0.15, 0.2) is 69.8 Å². The van der Waals surface area contributed by atoms with Crippen molar-refractivity contribution in [3.05, 3.63) is 65.0 Å². The summed E-state index contributed by atoms with van der Waals surface area (Å²) in [5, 5.41) is 4.29. The topological polar surface area (TPSA) is 110 Å². The Kier molecular flexibility index (Phi) is 8.17. The van der Waals surface area contributed by atoms with Crippen LogP contribution in [0, 0.1) is 5.92 Å². The van der Waals surface area contributed by atoms with Crippen LogP contribution in [0.1, 0.15) is 12.8 Å². The molecule has 0 aromatic heterocycles. The number of amides is 1. The van der Waals surface area contributed by atoms with E-state index in [9.17, 15) is 21.6 Å². The Bertz CT molecular complexity index is 1230. The quantitative estimate of drug-likeness (QED) is 0.517. The van der Waals surface area contributed by atoms with Gasteiger partial charge in [0.1, 0.15) is 5.75 Å². The number of nitrogens with one attached hydrogen (secondary N) is 1. The number of ether oxygens (including phenoxy) is 1. The van der Waals surface area contributed by atoms with Crippen molar-refractivity contribution in [2.24, 2.45) is 5.92 Å². The van der Waals surface area contributed by atoms with E-state index in [4.69, 9.17) is 16.3 Å². The summed E-state index contributed by atoms with van der Waals surface area (Å²) in [4.78, 5) is 12.7. The van der Waals surface area contributed by atoms with E-state index in [1.807, 2.05) is 0 Å². The van der Waals surface area contributed by atoms with Gasteiger partial charge < -0.3 is 10.1 Å². The molecule has 8 nitrogen and oxygen atoms in total. The smallest absolute Gasteiger partial charge is 0.243 e. The van der Waals surface area contributed by atoms with Crippen molar-refractivity contribution in [1.82, 2.24) is 9.62 Å². The van der Waals surface area contributed by atoms with Crippen LogP contribution >= 0.6 is 11.6 Å². The summed E-state index contributed by atoms with van der Waals surface area (Å²) < 4.78 is 56.6. The number of sulfone groups is 1. The highest BCUT2D eigenvalue weighted by Crippen LogP contribution is 2.26. The van der Waals surface area contributed by atoms with Gasteiger partial charge in [-0.2, -0.15) is 4.31 Å². The maximum Gasteiger partial charge on any atom is 0.243 e. The molecule has 1 heterocycles. The summed E-state index contributed by atoms with van der Waals surface area (Å²) >= 11 is 5.77. The lowest BCUT2D eigenvalue weighted by molar-refractivity contribution is -0.124. The van der Waals surface area contributed by atoms with Gasteiger partial charge in [0.05, 0.1) is 22.8 Å². The number of rotatable bonds is 9. The van der Waals surface area contributed by atoms with Crippen LogP contribution in [0.5, 0.6) is 5.75 Å². The third-order valence-electron chi connectivity index (χ3n) is 5.23. The fourth-order valence-electron chi connectivity index (χ4n) is 3.39. The number of benzene rings is 2. The zero-order valence-corrected chi connectivity index (χ0v) is 20.4. The predicted octanol–water partition coefficient (Wildman–Crippen LogP) is 2.85. The molecule has 0 radical (unpaired) electrons. The molecule has 11 heteroatoms. The molecule has 1 N–H and O–H groups in total. The van der Waals surface area contributed by atoms with Gasteiger partial charge in [0.2, 0.25) is 15.9 Å². The minimum Gasteiger partial charge on any atom is -0.497 e. The maximum atomic E-state index is 12.9. The van der Waals surface area contributed by atoms with Crippen molar-refractivity contribution in [2.45, 2.75) is 22.6 Å². The van der Waals surface area contributed by atoms with Gasteiger partial charge in [0.15, 0.2) is 9.84 Å². The number of sulfonamides is 1. The lowest BCUT2D eigenvalue weighted by Gasteiger charge is -2.17. The van der Waals surface area contributed by atoms with Gasteiger partial charge in [0, 0.05) is 36.1 Å². The summed E-state index contributed by atoms with van der Waals surface area (Å²) in [5.74, 6) is -0.282. The molecule has 1 aliphatic rings. The van der Waals surface area contributed by atoms with Gasteiger partial charge in [-0.05, 0) is 49.2 Å². The number of hydrogen-bond donors (Lipinski definition) is 1. The summed E-state index contributed by atoms with van der Waals surface area (Å²) in [6.07, 6.45) is 2.20. The molecule has 33 heavy (non-hydrogen) atoms. The zero-order chi connectivity index (χ0) is 24.1. The monoisotopic (exact) mass is 512 g/mol. The number of carbonyl (C=O) groups excluding carboxylic acids is 1. The molecule has 0 aliphatic carbocycles. The molecule has 2 aromatic rings. The third kappa shape index (κ3) is 6.35. The first-order valence-electron chi connectivity index (χ1n) is 10.2. The second-order valence-electron chi connectivity index (χ2n) is 7.48. The van der Waals surface area contributed by atoms with Gasteiger partial charge in [-0.3, -0.25) is 4.79 Å². The number of methoxy groups -OCH3 is 1. The average Bonchev–Trinajstić information content (AvgIpc) is 3.30. The predicted molar refractivity (Wildman–Crippen MR) is 125 cm³/mol. The van der Waals surface area contributed by atoms with Crippen molar-refractivity contribution in [3.63, 3.8) is 0 Å². The second kappa shape index (κ2) is 10.7. The van der Waals surface area contributed by atoms with Crippen molar-refractivity contribution in [3.8, 4) is 5.75 Å². The lowest BCUT2D eigenvalue weighted by atomic mass is 10.1. The molecule has 0 spiro atoms. The molecule has 1 saturated heterocycles. The Morgan fingerprint density at radius 1 is 1.15 bits per heavy atom. The van der Waals surface area contributed by atoms with Crippen LogP contribution in [0.2, 0.25) is 5.02 Å². The van der Waals surface area contributed by atoms with Crippen molar-refractivity contribution < 1.29 is 26.4 Å². The number of carbonyl (C=O) groups is 1. The van der Waals surface area contributed by atoms with Crippen LogP contribution in [0.4, 0.5) is 0 Å². The van der Waals surface area contributed by atoms with Crippen LogP contribution in [-0.4, -0.2) is 53.8 Å². The van der Waals surface area contributed by atoms with Crippen molar-refractivity contribution in [1.29, 1.82) is 0 Å². The van der Waals surface area contributed by atoms with Gasteiger partial charge in [-0.15, -0.1) is 0 Å². The highest BCUT2D eigenvalue weighted by molar-refractivity contribution is 7.94. The molecule has 178 valence electrons. The summed E-state index contributed by atoms with van der Waals surface area (Å²) in [7, 11) is -5.85. The van der Waals surface area contributed by atoms with Crippen molar-refractivity contribution >= 4 is 37.4 Å². The summed E-state index contributed by atoms with van der Waals surface area (Å²) in [6, 6.07) is 12.1. The Morgan fingerprint density at radius 2 is 1.88 bits per heavy atom. The molecule has 1 fully saturated rings. The molecule has 2 aromatic carbocycles. The van der Waals surface area contributed by atoms with E-state index in [0.29, 0.717) is 23.6 Å². The highest BCUT2D eigenvalue weighted by atomic mass is 35.5. The zero-order valence-electron chi connectivity index (χ0n) is 18.0. The van der Waals surface area contributed by atoms with E-state index in [1.54, 1.807) is 12.1 Å². The first kappa shape index (κ1) is 25.2. The van der Waals surface area contributed by atoms with E-state index >= 15 is 0 Å². The summed E-state index contributed by atoms with van der Waals surface area (Å²) in [5.41, 5.74) is 0. The fraction of sp³-hybridized carbons (Fsp3) is 0.318. The van der Waals surface area contributed by atoms with Crippen LogP contribution in [0.3, 0.4) is 0 Å². The van der Waals surface area contributed by atoms with E-state index in [-0.39, 0.29) is 35.3 Å². The number of hydrogen-bond acceptors (Lipinski definition) is 6. The standard InChI is InChI=1S/C22H25ClN2O6S2/c1-31-19-5-4-6-21(15-19)33(29,30)25-13-11-17(16-25)22(26)24-12-2-3-14-32(27,28)20-9-7-18(23)8-10-20/h3-10,14-15,17H,2,11-13,16H2,1H3,(H,24,26)/b14-3+/t17-/m0/s1. The molecular weight excluding hydrogens is 488 g/mol. The van der Waals surface area contributed by atoms with E-state index < -0.39 is 25.8 Å². The third-order valence-corrected chi connectivity index (χ3v) is 8.82. The summed E-state index contributed by atoms with van der Waals surface area (Å²) in [6.45, 7) is 0.577. The van der Waals surface area contributed by atoms with E-state index in [2.05, 4.69) is 5.32 Å². The van der Waals surface area contributed by atoms with Crippen LogP contribution in [0.25, 0.3) is 0 Å². The van der Waals surface area contributed by atoms with Gasteiger partial charge in [-0.1, -0.05) is 23.7 Å². The maximum absolute atomic E-state index is 12.9. The first-order chi connectivity index (χ1) is 15.6. The molecule has 1 aliphatic heterocycles. The molecule has 1 amide bonds. The van der Waals surface area contributed by atoms with E-state index in [1.165, 1.54) is 53.9 Å². The molecule has 0 unspecified atom stereocenters. The highest BCUT2D eigenvalue weighted by Gasteiger charge is 2.35. The minimum atomic E-state index is -3.73. The Balaban J connectivity index is 1.49. The van der Waals surface area contributed by atoms with Gasteiger partial charge in [0.25, 0.3) is 0 Å². The van der Waals surface area contributed by atoms with Crippen molar-refractivity contribution in [2.75, 3.05) is 26.7 Å². The Labute approximate surface area is 199 Å². The molecule has 0 saturated carbocycles. The lowest BCUT2D eigenvalue weighted by Crippen LogP contribution is -2.35. The normalized spacial score (nSPS) is 17.3. The molecular formula is C22H25ClN2O6S2. The molecule has 1 atom stereocenters. The van der Waals surface area contributed by atoms with Gasteiger partial charge in [-0.25, -0.2) is 16.8 Å². The van der Waals surface area contributed by atoms with Crippen LogP contribution < -0.4 is 10.1 Å². The average molecular weight is 513 g/mol. The van der Waals surface area contributed by atoms with Crippen LogP contribution in [-0.2, 0) is 24.7 Å². The first-order valence-corrected chi connectivity index (χ1v) is 13.6. The van der Waals surface area contributed by atoms with E-state index in [0.717, 1.165) is 5.41 Å². The Hall–Kier alpha value is -2.40. The number of halogens is 1. The minimum absolute atomic E-state index is 0.0894. The van der Waals surface area contributed by atoms with Gasteiger partial charge >= 0.3 is 0 Å². The fourth-order valence-corrected chi connectivity index (χ4v) is 6.12. The molecule has 3 rings (SSSR count). The Morgan fingerprint density at radius 3 is 2.58 bits per heavy atom.